The van der Waals surface area contributed by atoms with Crippen molar-refractivity contribution in [3.63, 3.8) is 0 Å². The first kappa shape index (κ1) is 113. The van der Waals surface area contributed by atoms with E-state index in [9.17, 15) is 0 Å². The highest BCUT2D eigenvalue weighted by Crippen LogP contribution is 2.68. The summed E-state index contributed by atoms with van der Waals surface area (Å²) in [7, 11) is 0. The van der Waals surface area contributed by atoms with Gasteiger partial charge in [0, 0.05) is 13.2 Å². The van der Waals surface area contributed by atoms with E-state index in [1.165, 1.54) is 289 Å². The predicted molar refractivity (Wildman–Crippen MR) is 586 cm³/mol. The maximum absolute atomic E-state index is 5.95. The highest BCUT2D eigenvalue weighted by Gasteiger charge is 2.58. The van der Waals surface area contributed by atoms with Crippen molar-refractivity contribution in [1.29, 1.82) is 0 Å². The van der Waals surface area contributed by atoms with E-state index in [4.69, 9.17) is 9.47 Å². The van der Waals surface area contributed by atoms with Crippen LogP contribution in [0, 0.1) is 225 Å². The molecule has 4 saturated heterocycles. The number of fused-ring (bicyclic) bond motifs is 10. The summed E-state index contributed by atoms with van der Waals surface area (Å²) in [6, 6.07) is 0. The highest BCUT2D eigenvalue weighted by atomic mass is 16.5. The van der Waals surface area contributed by atoms with Crippen molar-refractivity contribution >= 4 is 0 Å². The standard InChI is InChI=1S/2C14H24.C13H24.C12H20O.C12H22O.2C12H22.C12H24.C11H20.C11H22.C8H17N/c1-13(2,3)14-7-10-4-11(8-14)6-12(5-10)9-14;1-14(2,3)13-11-5-9-4-10(7-11)8-12(13)6-9;1-13(2,3)12-10-6-4-7-11(12)9-5-8-10;1-7(2)12-8-3-10-5-9(12)6-11(4-8)13-10;1-12(2,3)11-9-5-4-6-10(11)8-13-7-9;1-11(2,3)12-7-4-10(5-8-12)6-9-12;1-12(2,3)11-6-4-9-8-10(9)5-7-11;1-12(2,3)11-9-7-5-4-6-8-10-11;1-10(2,3)11-6-4-9(8-11)5-7-11;1-11(2,3)10-8-6-4-5-7-9-10;1-7(2)8-4-3-5-9-6-8/h10-12H,4-9H2,1-3H3;9-13H,4-8H2,1-3H3;10-12H,4-9H2,1-3H3;7-12H,3-6H2,1-2H3;9-11H,4-8H2,1-3H3;10H,4-9H2,1-3H3;9-11H,4-8H2,1-3H3;11H,4-10H2,1-3H3;9H,4-8H2,1-3H3;10H,4-9H2,1-3H3;7-9H,3-6H2,1-2H3. The number of hydrogen-bond acceptors (Lipinski definition) is 3. The normalized spacial score (nSPS) is 40.7. The zero-order valence-electron chi connectivity index (χ0n) is 96.8. The second-order valence-electron chi connectivity index (χ2n) is 64.1. The number of rotatable bonds is 2. The lowest BCUT2D eigenvalue weighted by Gasteiger charge is -2.62. The fourth-order valence-electron chi connectivity index (χ4n) is 37.7. The van der Waals surface area contributed by atoms with Gasteiger partial charge in [-0.15, -0.1) is 0 Å². The van der Waals surface area contributed by atoms with Crippen LogP contribution in [0.25, 0.3) is 0 Å². The Morgan fingerprint density at radius 1 is 0.239 bits per heavy atom. The summed E-state index contributed by atoms with van der Waals surface area (Å²) >= 11 is 0. The van der Waals surface area contributed by atoms with Crippen molar-refractivity contribution < 1.29 is 9.47 Å². The Bertz CT molecular complexity index is 3110. The molecule has 3 nitrogen and oxygen atoms in total. The van der Waals surface area contributed by atoms with Gasteiger partial charge in [0.15, 0.2) is 0 Å². The number of piperidine rings is 1. The molecule has 134 heavy (non-hydrogen) atoms. The number of ether oxygens (including phenoxy) is 2. The molecule has 22 saturated carbocycles. The minimum atomic E-state index is 0.486. The Balaban J connectivity index is 0.000000133. The molecule has 26 aliphatic rings. The zero-order chi connectivity index (χ0) is 97.6. The quantitative estimate of drug-likeness (QED) is 0.280. The molecule has 782 valence electrons. The van der Waals surface area contributed by atoms with Crippen LogP contribution >= 0.6 is 0 Å². The van der Waals surface area contributed by atoms with Crippen LogP contribution in [0.5, 0.6) is 0 Å². The van der Waals surface area contributed by atoms with Gasteiger partial charge >= 0.3 is 0 Å². The van der Waals surface area contributed by atoms with E-state index in [0.29, 0.717) is 60.9 Å². The molecule has 0 aromatic carbocycles. The summed E-state index contributed by atoms with van der Waals surface area (Å²) in [4.78, 5) is 0. The molecule has 4 heterocycles. The molecule has 20 bridgehead atoms. The average Bonchev–Trinajstić information content (AvgIpc) is 0.937. The van der Waals surface area contributed by atoms with Crippen LogP contribution in [0.4, 0.5) is 0 Å². The molecular formula is C131H241NO2. The summed E-state index contributed by atoms with van der Waals surface area (Å²) < 4.78 is 11.6. The van der Waals surface area contributed by atoms with Gasteiger partial charge < -0.3 is 14.8 Å². The van der Waals surface area contributed by atoms with Crippen LogP contribution < -0.4 is 5.32 Å². The molecule has 0 radical (unpaired) electrons. The van der Waals surface area contributed by atoms with E-state index in [0.717, 1.165) is 189 Å². The third-order valence-electron chi connectivity index (χ3n) is 45.3. The molecule has 3 heteroatoms. The van der Waals surface area contributed by atoms with Gasteiger partial charge in [-0.25, -0.2) is 0 Å². The molecule has 5 unspecified atom stereocenters. The van der Waals surface area contributed by atoms with E-state index < -0.39 is 0 Å². The molecule has 26 fully saturated rings. The fourth-order valence-corrected chi connectivity index (χ4v) is 37.7. The molecular weight excluding hydrogens is 1620 g/mol. The molecule has 0 aromatic rings. The Kier molecular flexibility index (Phi) is 39.8. The third-order valence-corrected chi connectivity index (χ3v) is 45.3. The first-order valence-corrected chi connectivity index (χ1v) is 61.5. The first-order valence-electron chi connectivity index (χ1n) is 61.5. The van der Waals surface area contributed by atoms with Crippen molar-refractivity contribution in [2.24, 2.45) is 225 Å². The molecule has 4 aliphatic heterocycles. The molecule has 0 aromatic heterocycles. The van der Waals surface area contributed by atoms with E-state index >= 15 is 0 Å². The largest absolute Gasteiger partial charge is 0.381 e. The molecule has 0 spiro atoms. The maximum Gasteiger partial charge on any atom is 0.0584 e. The van der Waals surface area contributed by atoms with E-state index in [1.54, 1.807) is 77.0 Å². The Labute approximate surface area is 840 Å². The lowest BCUT2D eigenvalue weighted by atomic mass is 9.43. The molecule has 1 N–H and O–H groups in total. The van der Waals surface area contributed by atoms with Gasteiger partial charge in [-0.2, -0.15) is 0 Å². The van der Waals surface area contributed by atoms with Gasteiger partial charge in [-0.05, 0) is 488 Å². The van der Waals surface area contributed by atoms with E-state index in [1.807, 2.05) is 0 Å². The second kappa shape index (κ2) is 47.4. The van der Waals surface area contributed by atoms with Crippen LogP contribution in [0.15, 0.2) is 0 Å². The van der Waals surface area contributed by atoms with E-state index in [2.05, 4.69) is 220 Å². The van der Waals surface area contributed by atoms with Crippen LogP contribution in [-0.2, 0) is 9.47 Å². The smallest absolute Gasteiger partial charge is 0.0584 e. The minimum Gasteiger partial charge on any atom is -0.381 e. The van der Waals surface area contributed by atoms with Crippen molar-refractivity contribution in [3.05, 3.63) is 0 Å². The van der Waals surface area contributed by atoms with Crippen LogP contribution in [0.3, 0.4) is 0 Å². The summed E-state index contributed by atoms with van der Waals surface area (Å²) in [5.41, 5.74) is 7.19. The lowest BCUT2D eigenvalue weighted by Crippen LogP contribution is -2.52. The van der Waals surface area contributed by atoms with Crippen molar-refractivity contribution in [2.75, 3.05) is 26.3 Å². The summed E-state index contributed by atoms with van der Waals surface area (Å²) in [5.74, 6) is 27.9. The van der Waals surface area contributed by atoms with Crippen LogP contribution in [0.2, 0.25) is 0 Å². The van der Waals surface area contributed by atoms with Gasteiger partial charge in [-0.3, -0.25) is 0 Å². The topological polar surface area (TPSA) is 30.5 Å². The second-order valence-corrected chi connectivity index (χ2v) is 64.1. The highest BCUT2D eigenvalue weighted by molar-refractivity contribution is 5.08. The molecule has 5 atom stereocenters. The Morgan fingerprint density at radius 2 is 0.567 bits per heavy atom. The van der Waals surface area contributed by atoms with Crippen molar-refractivity contribution in [3.8, 4) is 0 Å². The lowest BCUT2D eigenvalue weighted by molar-refractivity contribution is -0.185. The molecule has 22 aliphatic carbocycles. The minimum absolute atomic E-state index is 0.486. The fraction of sp³-hybridized carbons (Fsp3) is 1.00. The van der Waals surface area contributed by atoms with Gasteiger partial charge in [0.2, 0.25) is 0 Å². The number of nitrogens with one attached hydrogen (secondary N) is 1. The maximum atomic E-state index is 5.95. The van der Waals surface area contributed by atoms with E-state index in [-0.39, 0.29) is 0 Å². The summed E-state index contributed by atoms with van der Waals surface area (Å²) in [6.45, 7) is 79.7. The average molecular weight is 1860 g/mol. The Hall–Kier alpha value is -0.120. The molecule has 0 amide bonds. The van der Waals surface area contributed by atoms with Gasteiger partial charge in [0.1, 0.15) is 0 Å². The summed E-state index contributed by atoms with van der Waals surface area (Å²) in [5, 5.41) is 3.42. The van der Waals surface area contributed by atoms with Gasteiger partial charge in [0.05, 0.1) is 12.2 Å². The zero-order valence-corrected chi connectivity index (χ0v) is 96.8. The van der Waals surface area contributed by atoms with Crippen molar-refractivity contribution in [2.45, 2.75) is 580 Å². The molecule has 26 rings (SSSR count). The van der Waals surface area contributed by atoms with Crippen LogP contribution in [0.1, 0.15) is 568 Å². The predicted octanol–water partition coefficient (Wildman–Crippen LogP) is 40.1. The third kappa shape index (κ3) is 30.6. The SMILES string of the molecule is CC(C)(C)C12CC3CC(CC(C3)C1)C2.CC(C)(C)C12CCC(CC1)C2.CC(C)(C)C12CCC(CC1)CC2.CC(C)(C)C1C2CC3CC(C2)CC1C3.CC(C)(C)C1C2CCCC1CCC2.CC(C)(C)C1C2CCCC1COC2.CC(C)(C)C1CCC2CC2CC1.CC(C)(C)C1CCCCCC1.CC(C)(C)C1CCCCCCC1.CC(C)C1C2CC3CC1CC(C2)O3.CC(C)C1CCCNC1. The van der Waals surface area contributed by atoms with Crippen molar-refractivity contribution in [1.82, 2.24) is 5.32 Å². The van der Waals surface area contributed by atoms with Gasteiger partial charge in [-0.1, -0.05) is 317 Å². The first-order chi connectivity index (χ1) is 62.6. The van der Waals surface area contributed by atoms with Gasteiger partial charge in [0.25, 0.3) is 0 Å². The van der Waals surface area contributed by atoms with Crippen LogP contribution in [-0.4, -0.2) is 38.5 Å². The number of hydrogen-bond donors (Lipinski definition) is 1. The monoisotopic (exact) mass is 1860 g/mol. The summed E-state index contributed by atoms with van der Waals surface area (Å²) in [6.07, 6.45) is 83.9. The Morgan fingerprint density at radius 3 is 0.858 bits per heavy atom.